The normalized spacial score (nSPS) is 10.6. The van der Waals surface area contributed by atoms with E-state index in [0.29, 0.717) is 5.92 Å². The van der Waals surface area contributed by atoms with E-state index in [1.807, 2.05) is 0 Å². The van der Waals surface area contributed by atoms with E-state index in [4.69, 9.17) is 5.11 Å². The van der Waals surface area contributed by atoms with Gasteiger partial charge < -0.3 is 10.2 Å². The predicted octanol–water partition coefficient (Wildman–Crippen LogP) is 2.84. The molecule has 82 valence electrons. The molecule has 15 heavy (non-hydrogen) atoms. The van der Waals surface area contributed by atoms with E-state index in [2.05, 4.69) is 13.8 Å². The van der Waals surface area contributed by atoms with Gasteiger partial charge in [-0.25, -0.2) is 4.79 Å². The van der Waals surface area contributed by atoms with E-state index in [-0.39, 0.29) is 11.3 Å². The molecule has 0 radical (unpaired) electrons. The Morgan fingerprint density at radius 3 is 2.67 bits per heavy atom. The third-order valence-electron chi connectivity index (χ3n) is 1.78. The molecule has 0 aliphatic rings. The van der Waals surface area contributed by atoms with Gasteiger partial charge in [-0.15, -0.1) is 11.8 Å². The Bertz CT molecular complexity index is 361. The molecule has 0 bridgehead atoms. The van der Waals surface area contributed by atoms with Gasteiger partial charge in [-0.05, 0) is 24.1 Å². The summed E-state index contributed by atoms with van der Waals surface area (Å²) in [5, 5.41) is 18.1. The van der Waals surface area contributed by atoms with Crippen LogP contribution in [-0.4, -0.2) is 21.9 Å². The summed E-state index contributed by atoms with van der Waals surface area (Å²) in [6, 6.07) is 4.66. The van der Waals surface area contributed by atoms with Crippen LogP contribution in [0.5, 0.6) is 5.75 Å². The Balaban J connectivity index is 2.83. The Morgan fingerprint density at radius 2 is 2.13 bits per heavy atom. The zero-order valence-corrected chi connectivity index (χ0v) is 9.54. The summed E-state index contributed by atoms with van der Waals surface area (Å²) in [4.78, 5) is 11.6. The van der Waals surface area contributed by atoms with E-state index in [0.717, 1.165) is 10.6 Å². The Morgan fingerprint density at radius 1 is 1.47 bits per heavy atom. The van der Waals surface area contributed by atoms with Gasteiger partial charge in [0, 0.05) is 10.6 Å². The van der Waals surface area contributed by atoms with Crippen LogP contribution in [-0.2, 0) is 0 Å². The van der Waals surface area contributed by atoms with Crippen molar-refractivity contribution in [3.63, 3.8) is 0 Å². The van der Waals surface area contributed by atoms with Crippen LogP contribution in [0.4, 0.5) is 0 Å². The van der Waals surface area contributed by atoms with E-state index in [1.54, 1.807) is 17.8 Å². The lowest BCUT2D eigenvalue weighted by Crippen LogP contribution is -1.97. The minimum atomic E-state index is -1.10. The molecule has 1 rings (SSSR count). The van der Waals surface area contributed by atoms with E-state index >= 15 is 0 Å². The van der Waals surface area contributed by atoms with E-state index < -0.39 is 5.97 Å². The number of hydrogen-bond acceptors (Lipinski definition) is 3. The third-order valence-corrected chi connectivity index (χ3v) is 3.20. The molecule has 0 spiro atoms. The Hall–Kier alpha value is -1.16. The van der Waals surface area contributed by atoms with Gasteiger partial charge in [-0.3, -0.25) is 0 Å². The van der Waals surface area contributed by atoms with Gasteiger partial charge in [0.15, 0.2) is 0 Å². The first kappa shape index (κ1) is 11.9. The standard InChI is InChI=1S/C11H14O3S/c1-7(2)6-15-8-3-4-10(12)9(5-8)11(13)14/h3-5,7,12H,6H2,1-2H3,(H,13,14). The average molecular weight is 226 g/mol. The maximum atomic E-state index is 10.7. The highest BCUT2D eigenvalue weighted by molar-refractivity contribution is 7.99. The molecule has 0 fully saturated rings. The monoisotopic (exact) mass is 226 g/mol. The molecule has 4 heteroatoms. The van der Waals surface area contributed by atoms with Crippen molar-refractivity contribution in [2.24, 2.45) is 5.92 Å². The lowest BCUT2D eigenvalue weighted by molar-refractivity contribution is 0.0693. The quantitative estimate of drug-likeness (QED) is 0.775. The molecule has 0 saturated carbocycles. The molecule has 0 aliphatic heterocycles. The topological polar surface area (TPSA) is 57.5 Å². The largest absolute Gasteiger partial charge is 0.507 e. The van der Waals surface area contributed by atoms with Crippen LogP contribution in [0, 0.1) is 5.92 Å². The predicted molar refractivity (Wildman–Crippen MR) is 60.6 cm³/mol. The number of carboxylic acid groups (broad SMARTS) is 1. The van der Waals surface area contributed by atoms with Crippen molar-refractivity contribution >= 4 is 17.7 Å². The van der Waals surface area contributed by atoms with Gasteiger partial charge in [0.05, 0.1) is 0 Å². The lowest BCUT2D eigenvalue weighted by Gasteiger charge is -2.06. The Kier molecular flexibility index (Phi) is 4.03. The molecule has 0 heterocycles. The number of phenols is 1. The fraction of sp³-hybridized carbons (Fsp3) is 0.364. The van der Waals surface area contributed by atoms with Gasteiger partial charge in [0.25, 0.3) is 0 Å². The first-order valence-corrected chi connectivity index (χ1v) is 5.68. The number of rotatable bonds is 4. The second-order valence-corrected chi connectivity index (χ2v) is 4.78. The number of aromatic carboxylic acids is 1. The first-order valence-electron chi connectivity index (χ1n) is 4.70. The number of aromatic hydroxyl groups is 1. The average Bonchev–Trinajstić information content (AvgIpc) is 2.16. The van der Waals surface area contributed by atoms with Gasteiger partial charge >= 0.3 is 5.97 Å². The molecule has 1 aromatic rings. The summed E-state index contributed by atoms with van der Waals surface area (Å²) in [5.74, 6) is 0.206. The highest BCUT2D eigenvalue weighted by Crippen LogP contribution is 2.26. The number of thioether (sulfide) groups is 1. The van der Waals surface area contributed by atoms with Crippen LogP contribution in [0.3, 0.4) is 0 Å². The maximum Gasteiger partial charge on any atom is 0.339 e. The summed E-state index contributed by atoms with van der Waals surface area (Å²) < 4.78 is 0. The van der Waals surface area contributed by atoms with Crippen LogP contribution in [0.1, 0.15) is 24.2 Å². The van der Waals surface area contributed by atoms with Crippen LogP contribution in [0.15, 0.2) is 23.1 Å². The fourth-order valence-corrected chi connectivity index (χ4v) is 1.93. The summed E-state index contributed by atoms with van der Waals surface area (Å²) in [6.45, 7) is 4.21. The van der Waals surface area contributed by atoms with Crippen molar-refractivity contribution < 1.29 is 15.0 Å². The van der Waals surface area contributed by atoms with Crippen LogP contribution in [0.25, 0.3) is 0 Å². The zero-order chi connectivity index (χ0) is 11.4. The van der Waals surface area contributed by atoms with E-state index in [9.17, 15) is 9.90 Å². The SMILES string of the molecule is CC(C)CSc1ccc(O)c(C(=O)O)c1. The molecular formula is C11H14O3S. The smallest absolute Gasteiger partial charge is 0.339 e. The molecule has 1 aromatic carbocycles. The molecule has 0 unspecified atom stereocenters. The highest BCUT2D eigenvalue weighted by Gasteiger charge is 2.10. The highest BCUT2D eigenvalue weighted by atomic mass is 32.2. The number of carboxylic acids is 1. The molecule has 0 saturated heterocycles. The van der Waals surface area contributed by atoms with Crippen molar-refractivity contribution in [1.82, 2.24) is 0 Å². The third kappa shape index (κ3) is 3.47. The second-order valence-electron chi connectivity index (χ2n) is 3.69. The molecule has 0 amide bonds. The molecule has 3 nitrogen and oxygen atoms in total. The molecule has 2 N–H and O–H groups in total. The molecule has 0 atom stereocenters. The number of benzene rings is 1. The van der Waals surface area contributed by atoms with Crippen LogP contribution < -0.4 is 0 Å². The van der Waals surface area contributed by atoms with Gasteiger partial charge in [-0.1, -0.05) is 13.8 Å². The van der Waals surface area contributed by atoms with Crippen molar-refractivity contribution in [2.75, 3.05) is 5.75 Å². The van der Waals surface area contributed by atoms with Crippen LogP contribution in [0.2, 0.25) is 0 Å². The van der Waals surface area contributed by atoms with Crippen molar-refractivity contribution in [3.8, 4) is 5.75 Å². The van der Waals surface area contributed by atoms with E-state index in [1.165, 1.54) is 12.1 Å². The van der Waals surface area contributed by atoms with Gasteiger partial charge in [-0.2, -0.15) is 0 Å². The summed E-state index contributed by atoms with van der Waals surface area (Å²) in [6.07, 6.45) is 0. The van der Waals surface area contributed by atoms with Gasteiger partial charge in [0.1, 0.15) is 11.3 Å². The lowest BCUT2D eigenvalue weighted by atomic mass is 10.2. The summed E-state index contributed by atoms with van der Waals surface area (Å²) in [7, 11) is 0. The minimum absolute atomic E-state index is 0.0382. The molecule has 0 aliphatic carbocycles. The number of hydrogen-bond donors (Lipinski definition) is 2. The maximum absolute atomic E-state index is 10.7. The first-order chi connectivity index (χ1) is 7.00. The van der Waals surface area contributed by atoms with Crippen molar-refractivity contribution in [2.45, 2.75) is 18.7 Å². The van der Waals surface area contributed by atoms with Crippen molar-refractivity contribution in [1.29, 1.82) is 0 Å². The summed E-state index contributed by atoms with van der Waals surface area (Å²) in [5.41, 5.74) is -0.0382. The molecule has 0 aromatic heterocycles. The Labute approximate surface area is 93.1 Å². The number of carbonyl (C=O) groups is 1. The molecular weight excluding hydrogens is 212 g/mol. The second kappa shape index (κ2) is 5.07. The van der Waals surface area contributed by atoms with Crippen molar-refractivity contribution in [3.05, 3.63) is 23.8 Å². The zero-order valence-electron chi connectivity index (χ0n) is 8.73. The van der Waals surface area contributed by atoms with Gasteiger partial charge in [0.2, 0.25) is 0 Å². The van der Waals surface area contributed by atoms with Crippen LogP contribution >= 0.6 is 11.8 Å². The fourth-order valence-electron chi connectivity index (χ4n) is 1.04. The summed E-state index contributed by atoms with van der Waals surface area (Å²) >= 11 is 1.59. The minimum Gasteiger partial charge on any atom is -0.507 e.